The summed E-state index contributed by atoms with van der Waals surface area (Å²) >= 11 is 0. The lowest BCUT2D eigenvalue weighted by atomic mass is 10.1. The van der Waals surface area contributed by atoms with Crippen molar-refractivity contribution >= 4 is 55.7 Å². The number of hydrogen-bond acceptors (Lipinski definition) is 8. The van der Waals surface area contributed by atoms with Crippen LogP contribution in [-0.4, -0.2) is 15.1 Å². The summed E-state index contributed by atoms with van der Waals surface area (Å²) in [5, 5.41) is 42.2. The Balaban J connectivity index is 1.72. The van der Waals surface area contributed by atoms with E-state index in [1.807, 2.05) is 72.8 Å². The topological polar surface area (TPSA) is 116 Å². The molecule has 5 aromatic rings. The lowest BCUT2D eigenvalue weighted by molar-refractivity contribution is -0.393. The van der Waals surface area contributed by atoms with Crippen molar-refractivity contribution in [3.05, 3.63) is 117 Å². The zero-order chi connectivity index (χ0) is 25.0. The maximum atomic E-state index is 12.2. The van der Waals surface area contributed by atoms with Crippen LogP contribution in [0.2, 0.25) is 0 Å². The molecule has 36 heavy (non-hydrogen) atoms. The van der Waals surface area contributed by atoms with Gasteiger partial charge in [0.1, 0.15) is 5.69 Å². The Morgan fingerprint density at radius 1 is 0.639 bits per heavy atom. The minimum atomic E-state index is -0.718. The number of nitro groups is 2. The first-order chi connectivity index (χ1) is 17.5. The summed E-state index contributed by atoms with van der Waals surface area (Å²) in [4.78, 5) is 22.4. The number of rotatable bonds is 4. The standard InChI is InChI=1S/C26H17N5O5/c32-29-24-15-19(30(33)34)16-25(31(35)36)26(24)27(22-13-5-9-17-7-1-3-11-20(17)22)28(29)23-14-6-10-18-8-2-4-12-21(18)23/h1-16,32H. The molecule has 10 heteroatoms. The van der Waals surface area contributed by atoms with Crippen LogP contribution in [0.25, 0.3) is 21.5 Å². The molecular weight excluding hydrogens is 462 g/mol. The fourth-order valence-electron chi connectivity index (χ4n) is 4.69. The average Bonchev–Trinajstić information content (AvgIpc) is 3.19. The van der Waals surface area contributed by atoms with Crippen molar-refractivity contribution in [3.63, 3.8) is 0 Å². The molecule has 0 saturated carbocycles. The van der Waals surface area contributed by atoms with Crippen LogP contribution in [-0.2, 0) is 0 Å². The van der Waals surface area contributed by atoms with E-state index in [1.165, 1.54) is 10.1 Å². The summed E-state index contributed by atoms with van der Waals surface area (Å²) in [5.41, 5.74) is -0.00677. The van der Waals surface area contributed by atoms with Gasteiger partial charge in [-0.15, -0.1) is 5.17 Å². The number of fused-ring (bicyclic) bond motifs is 3. The van der Waals surface area contributed by atoms with Crippen LogP contribution in [0.1, 0.15) is 0 Å². The van der Waals surface area contributed by atoms with E-state index in [0.29, 0.717) is 11.4 Å². The largest absolute Gasteiger partial charge is 0.304 e. The van der Waals surface area contributed by atoms with Crippen molar-refractivity contribution < 1.29 is 15.1 Å². The van der Waals surface area contributed by atoms with Crippen molar-refractivity contribution in [2.45, 2.75) is 0 Å². The molecular formula is C26H17N5O5. The van der Waals surface area contributed by atoms with Gasteiger partial charge in [-0.25, -0.2) is 5.01 Å². The molecule has 1 heterocycles. The molecule has 0 aliphatic carbocycles. The van der Waals surface area contributed by atoms with Gasteiger partial charge in [0.2, 0.25) is 0 Å². The molecule has 0 radical (unpaired) electrons. The van der Waals surface area contributed by atoms with Crippen LogP contribution in [0.3, 0.4) is 0 Å². The molecule has 10 nitrogen and oxygen atoms in total. The third kappa shape index (κ3) is 3.09. The Bertz CT molecular complexity index is 1700. The van der Waals surface area contributed by atoms with Crippen molar-refractivity contribution in [1.29, 1.82) is 0 Å². The fraction of sp³-hybridized carbons (Fsp3) is 0. The Labute approximate surface area is 203 Å². The third-order valence-corrected chi connectivity index (χ3v) is 6.24. The molecule has 176 valence electrons. The van der Waals surface area contributed by atoms with Gasteiger partial charge in [0, 0.05) is 16.8 Å². The van der Waals surface area contributed by atoms with E-state index in [2.05, 4.69) is 0 Å². The van der Waals surface area contributed by atoms with Crippen LogP contribution < -0.4 is 15.3 Å². The number of benzene rings is 5. The molecule has 1 aliphatic heterocycles. The molecule has 0 aromatic heterocycles. The van der Waals surface area contributed by atoms with Crippen molar-refractivity contribution in [1.82, 2.24) is 0 Å². The lowest BCUT2D eigenvalue weighted by Gasteiger charge is -2.34. The zero-order valence-electron chi connectivity index (χ0n) is 18.6. The summed E-state index contributed by atoms with van der Waals surface area (Å²) in [6, 6.07) is 28.1. The molecule has 0 spiro atoms. The average molecular weight is 479 g/mol. The highest BCUT2D eigenvalue weighted by Crippen LogP contribution is 2.52. The smallest absolute Gasteiger partial charge is 0.267 e. The van der Waals surface area contributed by atoms with Gasteiger partial charge in [-0.2, -0.15) is 5.12 Å². The highest BCUT2D eigenvalue weighted by molar-refractivity contribution is 6.05. The van der Waals surface area contributed by atoms with E-state index >= 15 is 0 Å². The molecule has 0 saturated heterocycles. The monoisotopic (exact) mass is 479 g/mol. The summed E-state index contributed by atoms with van der Waals surface area (Å²) in [5.74, 6) is 0. The quantitative estimate of drug-likeness (QED) is 0.230. The van der Waals surface area contributed by atoms with Gasteiger partial charge in [0.05, 0.1) is 27.3 Å². The first-order valence-corrected chi connectivity index (χ1v) is 11.0. The van der Waals surface area contributed by atoms with Crippen LogP contribution in [0.4, 0.5) is 34.1 Å². The van der Waals surface area contributed by atoms with E-state index in [1.54, 1.807) is 12.1 Å². The van der Waals surface area contributed by atoms with Gasteiger partial charge in [0.15, 0.2) is 5.69 Å². The van der Waals surface area contributed by atoms with Crippen LogP contribution in [0.15, 0.2) is 97.1 Å². The number of anilines is 4. The highest BCUT2D eigenvalue weighted by atomic mass is 16.6. The van der Waals surface area contributed by atoms with Crippen molar-refractivity contribution in [3.8, 4) is 0 Å². The predicted octanol–water partition coefficient (Wildman–Crippen LogP) is 6.49. The molecule has 0 unspecified atom stereocenters. The van der Waals surface area contributed by atoms with Gasteiger partial charge >= 0.3 is 5.69 Å². The van der Waals surface area contributed by atoms with E-state index in [4.69, 9.17) is 0 Å². The zero-order valence-corrected chi connectivity index (χ0v) is 18.6. The molecule has 0 atom stereocenters. The molecule has 1 N–H and O–H groups in total. The number of nitrogens with zero attached hydrogens (tertiary/aromatic N) is 5. The molecule has 5 aromatic carbocycles. The number of hydrazine groups is 2. The second-order valence-electron chi connectivity index (χ2n) is 8.23. The second-order valence-corrected chi connectivity index (χ2v) is 8.23. The Morgan fingerprint density at radius 2 is 1.19 bits per heavy atom. The third-order valence-electron chi connectivity index (χ3n) is 6.24. The van der Waals surface area contributed by atoms with E-state index in [9.17, 15) is 25.4 Å². The van der Waals surface area contributed by atoms with Crippen LogP contribution >= 0.6 is 0 Å². The minimum absolute atomic E-state index is 0.0115. The van der Waals surface area contributed by atoms with Crippen LogP contribution in [0, 0.1) is 20.2 Å². The minimum Gasteiger partial charge on any atom is -0.267 e. The normalized spacial score (nSPS) is 12.9. The predicted molar refractivity (Wildman–Crippen MR) is 137 cm³/mol. The molecule has 1 aliphatic rings. The number of nitro benzene ring substituents is 2. The first kappa shape index (κ1) is 21.3. The Kier molecular flexibility index (Phi) is 4.70. The number of non-ortho nitro benzene ring substituents is 1. The molecule has 6 rings (SSSR count). The maximum absolute atomic E-state index is 12.2. The van der Waals surface area contributed by atoms with E-state index in [0.717, 1.165) is 38.8 Å². The van der Waals surface area contributed by atoms with Gasteiger partial charge in [-0.3, -0.25) is 25.4 Å². The Hall–Kier alpha value is -5.22. The van der Waals surface area contributed by atoms with E-state index < -0.39 is 21.2 Å². The maximum Gasteiger partial charge on any atom is 0.304 e. The lowest BCUT2D eigenvalue weighted by Crippen LogP contribution is -2.45. The summed E-state index contributed by atoms with van der Waals surface area (Å²) in [7, 11) is 0. The number of hydrogen-bond donors (Lipinski definition) is 1. The summed E-state index contributed by atoms with van der Waals surface area (Å²) in [6.45, 7) is 0. The van der Waals surface area contributed by atoms with Crippen molar-refractivity contribution in [2.75, 3.05) is 15.3 Å². The second kappa shape index (κ2) is 7.93. The van der Waals surface area contributed by atoms with Gasteiger partial charge < -0.3 is 0 Å². The van der Waals surface area contributed by atoms with Gasteiger partial charge in [-0.1, -0.05) is 72.8 Å². The van der Waals surface area contributed by atoms with Crippen LogP contribution in [0.5, 0.6) is 0 Å². The summed E-state index contributed by atoms with van der Waals surface area (Å²) in [6.07, 6.45) is 0. The molecule has 0 fully saturated rings. The van der Waals surface area contributed by atoms with Gasteiger partial charge in [-0.05, 0) is 22.9 Å². The molecule has 0 bridgehead atoms. The van der Waals surface area contributed by atoms with Gasteiger partial charge in [0.25, 0.3) is 5.69 Å². The fourth-order valence-corrected chi connectivity index (χ4v) is 4.69. The summed E-state index contributed by atoms with van der Waals surface area (Å²) < 4.78 is 0. The van der Waals surface area contributed by atoms with E-state index in [-0.39, 0.29) is 11.4 Å². The first-order valence-electron chi connectivity index (χ1n) is 11.0. The SMILES string of the molecule is O=[N+]([O-])c1cc2c(c([N+](=O)[O-])c1)N(c1cccc3ccccc13)N(c1cccc3ccccc13)N2O. The highest BCUT2D eigenvalue weighted by Gasteiger charge is 2.43. The molecule has 0 amide bonds. The van der Waals surface area contributed by atoms with Crippen molar-refractivity contribution in [2.24, 2.45) is 0 Å². The Morgan fingerprint density at radius 3 is 1.81 bits per heavy atom.